The van der Waals surface area contributed by atoms with E-state index in [0.717, 1.165) is 34.1 Å². The topological polar surface area (TPSA) is 6.48 Å². The predicted octanol–water partition coefficient (Wildman–Crippen LogP) is 16.4. The molecule has 10 aromatic rings. The molecule has 10 aromatic carbocycles. The van der Waals surface area contributed by atoms with Gasteiger partial charge in [-0.15, -0.1) is 0 Å². The lowest BCUT2D eigenvalue weighted by Crippen LogP contribution is -2.26. The summed E-state index contributed by atoms with van der Waals surface area (Å²) in [5.41, 5.74) is 21.7. The molecule has 3 aliphatic rings. The molecule has 2 nitrogen and oxygen atoms in total. The number of anilines is 6. The van der Waals surface area contributed by atoms with E-state index < -0.39 is 5.41 Å². The maximum atomic E-state index is 2.58. The monoisotopic (exact) mass is 816 g/mol. The van der Waals surface area contributed by atoms with Gasteiger partial charge >= 0.3 is 0 Å². The van der Waals surface area contributed by atoms with Crippen molar-refractivity contribution in [2.75, 3.05) is 9.80 Å². The average Bonchev–Trinajstić information content (AvgIpc) is 3.91. The third-order valence-corrected chi connectivity index (χ3v) is 14.4. The summed E-state index contributed by atoms with van der Waals surface area (Å²) in [5.74, 6) is 0. The van der Waals surface area contributed by atoms with Gasteiger partial charge < -0.3 is 9.80 Å². The highest BCUT2D eigenvalue weighted by Gasteiger charge is 2.53. The van der Waals surface area contributed by atoms with Gasteiger partial charge in [0.25, 0.3) is 0 Å². The smallest absolute Gasteiger partial charge is 0.0727 e. The molecule has 13 rings (SSSR count). The van der Waals surface area contributed by atoms with Crippen molar-refractivity contribution in [1.82, 2.24) is 0 Å². The van der Waals surface area contributed by atoms with Gasteiger partial charge in [-0.1, -0.05) is 190 Å². The van der Waals surface area contributed by atoms with E-state index in [-0.39, 0.29) is 5.41 Å². The molecule has 0 bridgehead atoms. The number of hydrogen-bond donors (Lipinski definition) is 0. The Bertz CT molecular complexity index is 3390. The van der Waals surface area contributed by atoms with Crippen LogP contribution in [0.15, 0.2) is 231 Å². The SMILES string of the molecule is CC1(C)c2ccccc2-c2c1cc(N(c1ccccc1)c1cc(N(c3ccccc3)c3ccccc3)cc3c1-c1ccccc1C31c3ccccc3-c3ccccc31)c1ccccc21. The molecule has 64 heavy (non-hydrogen) atoms. The first kappa shape index (κ1) is 36.7. The van der Waals surface area contributed by atoms with Crippen LogP contribution in [-0.2, 0) is 10.8 Å². The lowest BCUT2D eigenvalue weighted by molar-refractivity contribution is 0.661. The van der Waals surface area contributed by atoms with Crippen molar-refractivity contribution in [2.24, 2.45) is 0 Å². The van der Waals surface area contributed by atoms with E-state index in [1.165, 1.54) is 77.5 Å². The Morgan fingerprint density at radius 1 is 0.281 bits per heavy atom. The molecular weight excluding hydrogens is 773 g/mol. The summed E-state index contributed by atoms with van der Waals surface area (Å²) in [6, 6.07) is 85.8. The number of hydrogen-bond acceptors (Lipinski definition) is 2. The summed E-state index contributed by atoms with van der Waals surface area (Å²) in [7, 11) is 0. The van der Waals surface area contributed by atoms with Crippen LogP contribution in [0.25, 0.3) is 44.2 Å². The van der Waals surface area contributed by atoms with Crippen molar-refractivity contribution < 1.29 is 0 Å². The van der Waals surface area contributed by atoms with Gasteiger partial charge in [-0.05, 0) is 121 Å². The number of nitrogens with zero attached hydrogens (tertiary/aromatic N) is 2. The summed E-state index contributed by atoms with van der Waals surface area (Å²) in [6.07, 6.45) is 0. The second kappa shape index (κ2) is 13.8. The summed E-state index contributed by atoms with van der Waals surface area (Å²) >= 11 is 0. The summed E-state index contributed by atoms with van der Waals surface area (Å²) in [5, 5.41) is 2.49. The van der Waals surface area contributed by atoms with E-state index in [4.69, 9.17) is 0 Å². The highest BCUT2D eigenvalue weighted by Crippen LogP contribution is 2.66. The van der Waals surface area contributed by atoms with Crippen LogP contribution in [0.2, 0.25) is 0 Å². The Morgan fingerprint density at radius 2 is 0.703 bits per heavy atom. The van der Waals surface area contributed by atoms with Crippen LogP contribution in [0.4, 0.5) is 34.1 Å². The quantitative estimate of drug-likeness (QED) is 0.165. The first-order chi connectivity index (χ1) is 31.5. The molecule has 0 amide bonds. The fraction of sp³-hybridized carbons (Fsp3) is 0.0645. The molecule has 302 valence electrons. The lowest BCUT2D eigenvalue weighted by atomic mass is 9.70. The molecule has 0 fully saturated rings. The van der Waals surface area contributed by atoms with Gasteiger partial charge in [0.05, 0.1) is 16.8 Å². The van der Waals surface area contributed by atoms with Gasteiger partial charge in [0.15, 0.2) is 0 Å². The average molecular weight is 817 g/mol. The van der Waals surface area contributed by atoms with Crippen molar-refractivity contribution in [2.45, 2.75) is 24.7 Å². The normalized spacial score (nSPS) is 14.0. The Hall–Kier alpha value is -7.94. The Balaban J connectivity index is 1.21. The summed E-state index contributed by atoms with van der Waals surface area (Å²) in [6.45, 7) is 4.79. The van der Waals surface area contributed by atoms with Crippen molar-refractivity contribution in [3.05, 3.63) is 264 Å². The molecule has 1 spiro atoms. The molecule has 0 N–H and O–H groups in total. The zero-order chi connectivity index (χ0) is 42.6. The van der Waals surface area contributed by atoms with Gasteiger partial charge in [-0.25, -0.2) is 0 Å². The highest BCUT2D eigenvalue weighted by molar-refractivity contribution is 6.12. The van der Waals surface area contributed by atoms with Crippen LogP contribution in [-0.4, -0.2) is 0 Å². The van der Waals surface area contributed by atoms with Gasteiger partial charge in [0.1, 0.15) is 0 Å². The van der Waals surface area contributed by atoms with Crippen LogP contribution in [0.1, 0.15) is 47.2 Å². The third-order valence-electron chi connectivity index (χ3n) is 14.4. The van der Waals surface area contributed by atoms with Crippen LogP contribution in [0.3, 0.4) is 0 Å². The molecule has 0 atom stereocenters. The first-order valence-electron chi connectivity index (χ1n) is 22.4. The second-order valence-corrected chi connectivity index (χ2v) is 18.0. The van der Waals surface area contributed by atoms with E-state index in [0.29, 0.717) is 0 Å². The third kappa shape index (κ3) is 4.97. The summed E-state index contributed by atoms with van der Waals surface area (Å²) < 4.78 is 0. The molecule has 0 aromatic heterocycles. The minimum Gasteiger partial charge on any atom is -0.310 e. The lowest BCUT2D eigenvalue weighted by Gasteiger charge is -2.35. The molecule has 0 radical (unpaired) electrons. The number of fused-ring (bicyclic) bond motifs is 15. The van der Waals surface area contributed by atoms with E-state index in [9.17, 15) is 0 Å². The van der Waals surface area contributed by atoms with Gasteiger partial charge in [-0.2, -0.15) is 0 Å². The number of benzene rings is 10. The van der Waals surface area contributed by atoms with Crippen molar-refractivity contribution in [3.63, 3.8) is 0 Å². The number of rotatable bonds is 6. The Kier molecular flexibility index (Phi) is 7.90. The molecule has 3 aliphatic carbocycles. The van der Waals surface area contributed by atoms with Crippen LogP contribution in [0.5, 0.6) is 0 Å². The van der Waals surface area contributed by atoms with Gasteiger partial charge in [0, 0.05) is 39.1 Å². The number of para-hydroxylation sites is 3. The zero-order valence-electron chi connectivity index (χ0n) is 35.8. The maximum Gasteiger partial charge on any atom is 0.0727 e. The van der Waals surface area contributed by atoms with Crippen molar-refractivity contribution >= 4 is 44.9 Å². The molecular formula is C62H44N2. The van der Waals surface area contributed by atoms with E-state index >= 15 is 0 Å². The minimum atomic E-state index is -0.561. The second-order valence-electron chi connectivity index (χ2n) is 18.0. The van der Waals surface area contributed by atoms with Crippen LogP contribution >= 0.6 is 0 Å². The summed E-state index contributed by atoms with van der Waals surface area (Å²) in [4.78, 5) is 5.03. The molecule has 0 heterocycles. The standard InChI is InChI=1S/C62H44N2/c1-61(2)51-34-18-16-32-49(51)59-48-31-13-12-30-47(48)57(40-55(59)61)64(43-26-10-5-11-27-43)58-39-44(63(41-22-6-3-7-23-41)42-24-8-4-9-25-42)38-56-60(58)50-33-17-21-37-54(50)62(56)52-35-19-14-28-45(52)46-29-15-20-36-53(46)62/h3-40H,1-2H3. The fourth-order valence-corrected chi connectivity index (χ4v) is 11.8. The molecule has 0 aliphatic heterocycles. The first-order valence-corrected chi connectivity index (χ1v) is 22.4. The van der Waals surface area contributed by atoms with Crippen molar-refractivity contribution in [3.8, 4) is 33.4 Å². The van der Waals surface area contributed by atoms with Crippen LogP contribution in [0, 0.1) is 0 Å². The Labute approximate surface area is 375 Å². The molecule has 2 heteroatoms. The van der Waals surface area contributed by atoms with E-state index in [1.54, 1.807) is 0 Å². The molecule has 0 saturated heterocycles. The van der Waals surface area contributed by atoms with Gasteiger partial charge in [-0.3, -0.25) is 0 Å². The molecule has 0 unspecified atom stereocenters. The Morgan fingerprint density at radius 3 is 1.27 bits per heavy atom. The largest absolute Gasteiger partial charge is 0.310 e. The minimum absolute atomic E-state index is 0.206. The van der Waals surface area contributed by atoms with E-state index in [2.05, 4.69) is 254 Å². The molecule has 0 saturated carbocycles. The van der Waals surface area contributed by atoms with Crippen LogP contribution < -0.4 is 9.80 Å². The van der Waals surface area contributed by atoms with Crippen molar-refractivity contribution in [1.29, 1.82) is 0 Å². The highest BCUT2D eigenvalue weighted by atomic mass is 15.2. The zero-order valence-corrected chi connectivity index (χ0v) is 35.8. The van der Waals surface area contributed by atoms with Gasteiger partial charge in [0.2, 0.25) is 0 Å². The predicted molar refractivity (Wildman–Crippen MR) is 267 cm³/mol. The maximum absolute atomic E-state index is 2.58. The fourth-order valence-electron chi connectivity index (χ4n) is 11.8. The van der Waals surface area contributed by atoms with E-state index in [1.807, 2.05) is 0 Å².